The summed E-state index contributed by atoms with van der Waals surface area (Å²) in [6, 6.07) is 16.0. The molecule has 0 spiro atoms. The number of ether oxygens (including phenoxy) is 3. The lowest BCUT2D eigenvalue weighted by atomic mass is 9.92. The number of methoxy groups -OCH3 is 2. The zero-order valence-corrected chi connectivity index (χ0v) is 23.1. The van der Waals surface area contributed by atoms with Crippen LogP contribution < -0.4 is 14.8 Å². The van der Waals surface area contributed by atoms with E-state index in [9.17, 15) is 28.5 Å². The molecular formula is C31H31F3N2O6. The molecule has 222 valence electrons. The molecule has 4 aromatic rings. The summed E-state index contributed by atoms with van der Waals surface area (Å²) in [6.07, 6.45) is -5.93. The summed E-state index contributed by atoms with van der Waals surface area (Å²) >= 11 is 0. The average molecular weight is 585 g/mol. The third kappa shape index (κ3) is 7.42. The Morgan fingerprint density at radius 1 is 0.976 bits per heavy atom. The zero-order chi connectivity index (χ0) is 30.5. The first-order chi connectivity index (χ1) is 19.9. The van der Waals surface area contributed by atoms with Gasteiger partial charge >= 0.3 is 6.36 Å². The molecule has 3 aromatic carbocycles. The number of fused-ring (bicyclic) bond motifs is 1. The number of aromatic nitrogens is 1. The van der Waals surface area contributed by atoms with Gasteiger partial charge in [0.05, 0.1) is 13.7 Å². The van der Waals surface area contributed by atoms with Crippen LogP contribution >= 0.6 is 0 Å². The van der Waals surface area contributed by atoms with Crippen molar-refractivity contribution in [3.05, 3.63) is 94.7 Å². The largest absolute Gasteiger partial charge is 0.573 e. The average Bonchev–Trinajstić information content (AvgIpc) is 3.37. The Hall–Kier alpha value is -4.05. The monoisotopic (exact) mass is 584 g/mol. The topological polar surface area (TPSA) is 116 Å². The Kier molecular flexibility index (Phi) is 9.46. The molecule has 5 N–H and O–H groups in total. The number of hydrogen-bond acceptors (Lipinski definition) is 7. The number of aromatic amines is 1. The summed E-state index contributed by atoms with van der Waals surface area (Å²) < 4.78 is 54.1. The minimum absolute atomic E-state index is 0.232. The molecule has 3 unspecified atom stereocenters. The van der Waals surface area contributed by atoms with Gasteiger partial charge in [0, 0.05) is 52.0 Å². The van der Waals surface area contributed by atoms with Crippen LogP contribution in [0.15, 0.2) is 66.9 Å². The van der Waals surface area contributed by atoms with Gasteiger partial charge < -0.3 is 34.5 Å². The highest BCUT2D eigenvalue weighted by Gasteiger charge is 2.34. The second-order valence-electron chi connectivity index (χ2n) is 9.89. The number of aliphatic hydroxyl groups is 3. The van der Waals surface area contributed by atoms with Gasteiger partial charge in [0.2, 0.25) is 0 Å². The number of halogens is 3. The van der Waals surface area contributed by atoms with Crippen molar-refractivity contribution in [2.45, 2.75) is 37.8 Å². The Balaban J connectivity index is 1.67. The molecule has 42 heavy (non-hydrogen) atoms. The van der Waals surface area contributed by atoms with Gasteiger partial charge in [-0.25, -0.2) is 0 Å². The maximum Gasteiger partial charge on any atom is 0.573 e. The lowest BCUT2D eigenvalue weighted by molar-refractivity contribution is -0.275. The van der Waals surface area contributed by atoms with Gasteiger partial charge in [0.1, 0.15) is 17.7 Å². The van der Waals surface area contributed by atoms with E-state index in [2.05, 4.69) is 26.9 Å². The standard InChI is InChI=1S/C31H31F3N2O6/c1-30(18-37,16-21-17-35-26-7-5-4-6-23(21)26)36-28(38)25-14-19(9-13-27(25)42-31(32,33)34)8-10-20-11-12-22(40-2)15-24(20)29(39)41-3/h4-7,9,11-15,17,28-29,35-39H,16,18H2,1-3H3. The highest BCUT2D eigenvalue weighted by molar-refractivity contribution is 5.83. The van der Waals surface area contributed by atoms with Crippen LogP contribution in [0.3, 0.4) is 0 Å². The molecule has 1 heterocycles. The number of nitrogens with one attached hydrogen (secondary N) is 2. The maximum absolute atomic E-state index is 13.2. The minimum Gasteiger partial charge on any atom is -0.497 e. The highest BCUT2D eigenvalue weighted by Crippen LogP contribution is 2.32. The number of aliphatic hydroxyl groups excluding tert-OH is 3. The quantitative estimate of drug-likeness (QED) is 0.136. The van der Waals surface area contributed by atoms with Crippen molar-refractivity contribution in [3.63, 3.8) is 0 Å². The fraction of sp³-hybridized carbons (Fsp3) is 0.290. The first kappa shape index (κ1) is 30.9. The molecule has 0 fully saturated rings. The molecule has 0 saturated carbocycles. The van der Waals surface area contributed by atoms with Crippen LogP contribution in [0.1, 0.15) is 47.3 Å². The van der Waals surface area contributed by atoms with Crippen molar-refractivity contribution in [2.75, 3.05) is 20.8 Å². The Morgan fingerprint density at radius 2 is 1.74 bits per heavy atom. The van der Waals surface area contributed by atoms with Crippen LogP contribution in [0.5, 0.6) is 11.5 Å². The number of hydrogen-bond donors (Lipinski definition) is 5. The van der Waals surface area contributed by atoms with E-state index < -0.39 is 36.8 Å². The Bertz CT molecular complexity index is 1590. The van der Waals surface area contributed by atoms with E-state index >= 15 is 0 Å². The van der Waals surface area contributed by atoms with E-state index in [-0.39, 0.29) is 17.5 Å². The zero-order valence-electron chi connectivity index (χ0n) is 23.1. The molecular weight excluding hydrogens is 553 g/mol. The van der Waals surface area contributed by atoms with E-state index in [1.165, 1.54) is 26.4 Å². The summed E-state index contributed by atoms with van der Waals surface area (Å²) in [4.78, 5) is 3.15. The van der Waals surface area contributed by atoms with Crippen molar-refractivity contribution in [2.24, 2.45) is 0 Å². The number of rotatable bonds is 10. The van der Waals surface area contributed by atoms with Gasteiger partial charge in [-0.05, 0) is 61.4 Å². The molecule has 4 rings (SSSR count). The van der Waals surface area contributed by atoms with Crippen LogP contribution in [0.4, 0.5) is 13.2 Å². The molecule has 0 amide bonds. The summed E-state index contributed by atoms with van der Waals surface area (Å²) in [7, 11) is 2.79. The lowest BCUT2D eigenvalue weighted by Crippen LogP contribution is -2.49. The number of alkyl halides is 3. The predicted octanol–water partition coefficient (Wildman–Crippen LogP) is 4.69. The van der Waals surface area contributed by atoms with E-state index in [1.807, 2.05) is 24.3 Å². The molecule has 1 aromatic heterocycles. The summed E-state index contributed by atoms with van der Waals surface area (Å²) in [6.45, 7) is 1.22. The molecule has 11 heteroatoms. The van der Waals surface area contributed by atoms with E-state index in [0.717, 1.165) is 22.5 Å². The normalized spacial score (nSPS) is 14.5. The maximum atomic E-state index is 13.2. The first-order valence-electron chi connectivity index (χ1n) is 12.9. The molecule has 0 aliphatic carbocycles. The van der Waals surface area contributed by atoms with Gasteiger partial charge in [0.15, 0.2) is 6.29 Å². The molecule has 0 bridgehead atoms. The lowest BCUT2D eigenvalue weighted by Gasteiger charge is -2.32. The van der Waals surface area contributed by atoms with Crippen molar-refractivity contribution < 1.29 is 42.7 Å². The third-order valence-electron chi connectivity index (χ3n) is 6.71. The van der Waals surface area contributed by atoms with Gasteiger partial charge in [-0.1, -0.05) is 30.0 Å². The third-order valence-corrected chi connectivity index (χ3v) is 6.71. The van der Waals surface area contributed by atoms with Crippen LogP contribution in [0, 0.1) is 11.8 Å². The second kappa shape index (κ2) is 12.9. The van der Waals surface area contributed by atoms with E-state index in [1.54, 1.807) is 31.3 Å². The van der Waals surface area contributed by atoms with Crippen molar-refractivity contribution in [1.29, 1.82) is 0 Å². The summed E-state index contributed by atoms with van der Waals surface area (Å²) in [5.41, 5.74) is 1.36. The number of benzene rings is 3. The van der Waals surface area contributed by atoms with Crippen LogP contribution in [0.2, 0.25) is 0 Å². The molecule has 0 aliphatic heterocycles. The fourth-order valence-electron chi connectivity index (χ4n) is 4.57. The van der Waals surface area contributed by atoms with Gasteiger partial charge in [-0.2, -0.15) is 0 Å². The van der Waals surface area contributed by atoms with Crippen molar-refractivity contribution in [3.8, 4) is 23.3 Å². The summed E-state index contributed by atoms with van der Waals surface area (Å²) in [5, 5.41) is 35.4. The van der Waals surface area contributed by atoms with Crippen LogP contribution in [-0.2, 0) is 11.2 Å². The Morgan fingerprint density at radius 3 is 2.43 bits per heavy atom. The minimum atomic E-state index is -5.01. The smallest absolute Gasteiger partial charge is 0.497 e. The predicted molar refractivity (Wildman–Crippen MR) is 150 cm³/mol. The number of H-pyrrole nitrogens is 1. The fourth-order valence-corrected chi connectivity index (χ4v) is 4.57. The SMILES string of the molecule is COc1ccc(C#Cc2ccc(OC(F)(F)F)c(C(O)NC(C)(CO)Cc3c[nH]c4ccccc34)c2)c(C(O)OC)c1. The number of para-hydroxylation sites is 1. The molecule has 0 saturated heterocycles. The van der Waals surface area contributed by atoms with E-state index in [4.69, 9.17) is 9.47 Å². The molecule has 0 radical (unpaired) electrons. The molecule has 8 nitrogen and oxygen atoms in total. The van der Waals surface area contributed by atoms with E-state index in [0.29, 0.717) is 16.9 Å². The highest BCUT2D eigenvalue weighted by atomic mass is 19.4. The second-order valence-corrected chi connectivity index (χ2v) is 9.89. The van der Waals surface area contributed by atoms with Gasteiger partial charge in [-0.3, -0.25) is 5.32 Å². The van der Waals surface area contributed by atoms with Crippen LogP contribution in [0.25, 0.3) is 10.9 Å². The van der Waals surface area contributed by atoms with Crippen molar-refractivity contribution >= 4 is 10.9 Å². The molecule has 0 aliphatic rings. The van der Waals surface area contributed by atoms with Gasteiger partial charge in [-0.15, -0.1) is 13.2 Å². The van der Waals surface area contributed by atoms with Crippen LogP contribution in [-0.4, -0.2) is 53.0 Å². The van der Waals surface area contributed by atoms with Crippen molar-refractivity contribution in [1.82, 2.24) is 10.3 Å². The first-order valence-corrected chi connectivity index (χ1v) is 12.9. The summed E-state index contributed by atoms with van der Waals surface area (Å²) in [5.74, 6) is 5.58. The molecule has 3 atom stereocenters. The van der Waals surface area contributed by atoms with Gasteiger partial charge in [0.25, 0.3) is 0 Å². The Labute approximate surface area is 240 Å².